The predicted molar refractivity (Wildman–Crippen MR) is 107 cm³/mol. The van der Waals surface area contributed by atoms with E-state index in [2.05, 4.69) is 44.2 Å². The Labute approximate surface area is 153 Å². The molecule has 132 valence electrons. The molecular weight excluding hydrogens is 336 g/mol. The van der Waals surface area contributed by atoms with E-state index in [4.69, 9.17) is 9.97 Å². The number of nitrogens with one attached hydrogen (secondary N) is 1. The highest BCUT2D eigenvalue weighted by molar-refractivity contribution is 7.99. The van der Waals surface area contributed by atoms with Crippen molar-refractivity contribution in [2.45, 2.75) is 51.8 Å². The van der Waals surface area contributed by atoms with Crippen LogP contribution in [-0.2, 0) is 6.54 Å². The SMILES string of the molecule is CSC(C)(C)CNc1nc(CN2CCCC2)nc2sc(C)c(C)c12. The minimum atomic E-state index is 0.186. The van der Waals surface area contributed by atoms with Gasteiger partial charge in [0.25, 0.3) is 0 Å². The highest BCUT2D eigenvalue weighted by Gasteiger charge is 2.20. The van der Waals surface area contributed by atoms with Crippen LogP contribution in [0, 0.1) is 13.8 Å². The van der Waals surface area contributed by atoms with Crippen molar-refractivity contribution in [1.29, 1.82) is 0 Å². The van der Waals surface area contributed by atoms with Gasteiger partial charge in [-0.15, -0.1) is 11.3 Å². The number of thiophene rings is 1. The van der Waals surface area contributed by atoms with Crippen molar-refractivity contribution >= 4 is 39.1 Å². The zero-order valence-corrected chi connectivity index (χ0v) is 17.0. The summed E-state index contributed by atoms with van der Waals surface area (Å²) in [5, 5.41) is 4.82. The number of aryl methyl sites for hydroxylation is 2. The summed E-state index contributed by atoms with van der Waals surface area (Å²) >= 11 is 3.67. The molecule has 0 bridgehead atoms. The average Bonchev–Trinajstić information content (AvgIpc) is 3.14. The van der Waals surface area contributed by atoms with E-state index < -0.39 is 0 Å². The van der Waals surface area contributed by atoms with Gasteiger partial charge < -0.3 is 5.32 Å². The molecule has 6 heteroatoms. The molecule has 0 unspecified atom stereocenters. The van der Waals surface area contributed by atoms with Gasteiger partial charge in [0.1, 0.15) is 16.5 Å². The van der Waals surface area contributed by atoms with Crippen molar-refractivity contribution in [3.8, 4) is 0 Å². The third-order valence-electron chi connectivity index (χ3n) is 4.87. The van der Waals surface area contributed by atoms with Crippen molar-refractivity contribution in [2.75, 3.05) is 31.2 Å². The molecule has 0 aromatic carbocycles. The van der Waals surface area contributed by atoms with Gasteiger partial charge in [0.2, 0.25) is 0 Å². The zero-order chi connectivity index (χ0) is 17.3. The van der Waals surface area contributed by atoms with Crippen molar-refractivity contribution in [1.82, 2.24) is 14.9 Å². The summed E-state index contributed by atoms with van der Waals surface area (Å²) in [6.07, 6.45) is 4.76. The molecule has 1 aliphatic rings. The Morgan fingerprint density at radius 2 is 1.92 bits per heavy atom. The van der Waals surface area contributed by atoms with Gasteiger partial charge in [-0.3, -0.25) is 4.90 Å². The van der Waals surface area contributed by atoms with Gasteiger partial charge in [0, 0.05) is 16.2 Å². The fraction of sp³-hybridized carbons (Fsp3) is 0.667. The maximum Gasteiger partial charge on any atom is 0.146 e. The number of rotatable bonds is 6. The monoisotopic (exact) mass is 364 g/mol. The van der Waals surface area contributed by atoms with E-state index >= 15 is 0 Å². The van der Waals surface area contributed by atoms with Crippen LogP contribution in [0.5, 0.6) is 0 Å². The minimum absolute atomic E-state index is 0.186. The molecule has 2 aromatic rings. The largest absolute Gasteiger partial charge is 0.368 e. The number of anilines is 1. The van der Waals surface area contributed by atoms with E-state index in [1.807, 2.05) is 11.8 Å². The van der Waals surface area contributed by atoms with Crippen LogP contribution in [0.3, 0.4) is 0 Å². The summed E-state index contributed by atoms with van der Waals surface area (Å²) in [7, 11) is 0. The molecule has 24 heavy (non-hydrogen) atoms. The van der Waals surface area contributed by atoms with Crippen LogP contribution in [0.15, 0.2) is 0 Å². The number of hydrogen-bond donors (Lipinski definition) is 1. The first-order chi connectivity index (χ1) is 11.4. The highest BCUT2D eigenvalue weighted by Crippen LogP contribution is 2.34. The first-order valence-electron chi connectivity index (χ1n) is 8.67. The lowest BCUT2D eigenvalue weighted by Crippen LogP contribution is -2.27. The number of likely N-dealkylation sites (tertiary alicyclic amines) is 1. The van der Waals surface area contributed by atoms with Crippen LogP contribution in [0.2, 0.25) is 0 Å². The molecule has 0 spiro atoms. The van der Waals surface area contributed by atoms with Crippen LogP contribution in [0.25, 0.3) is 10.2 Å². The summed E-state index contributed by atoms with van der Waals surface area (Å²) in [4.78, 5) is 14.7. The summed E-state index contributed by atoms with van der Waals surface area (Å²) in [5.41, 5.74) is 1.31. The molecule has 1 aliphatic heterocycles. The molecule has 2 aromatic heterocycles. The number of hydrogen-bond acceptors (Lipinski definition) is 6. The molecule has 1 fully saturated rings. The van der Waals surface area contributed by atoms with Crippen LogP contribution < -0.4 is 5.32 Å². The summed E-state index contributed by atoms with van der Waals surface area (Å²) in [6, 6.07) is 0. The van der Waals surface area contributed by atoms with Crippen molar-refractivity contribution in [3.05, 3.63) is 16.3 Å². The summed E-state index contributed by atoms with van der Waals surface area (Å²) in [5.74, 6) is 1.97. The summed E-state index contributed by atoms with van der Waals surface area (Å²) in [6.45, 7) is 13.0. The Morgan fingerprint density at radius 3 is 2.58 bits per heavy atom. The summed E-state index contributed by atoms with van der Waals surface area (Å²) < 4.78 is 0.186. The molecule has 0 amide bonds. The fourth-order valence-corrected chi connectivity index (χ4v) is 4.27. The van der Waals surface area contributed by atoms with Gasteiger partial charge >= 0.3 is 0 Å². The molecule has 4 nitrogen and oxygen atoms in total. The second-order valence-corrected chi connectivity index (χ2v) is 9.97. The van der Waals surface area contributed by atoms with E-state index in [0.29, 0.717) is 0 Å². The van der Waals surface area contributed by atoms with Gasteiger partial charge in [0.05, 0.1) is 11.9 Å². The normalized spacial score (nSPS) is 16.2. The number of fused-ring (bicyclic) bond motifs is 1. The lowest BCUT2D eigenvalue weighted by molar-refractivity contribution is 0.323. The smallest absolute Gasteiger partial charge is 0.146 e. The molecule has 1 saturated heterocycles. The first-order valence-corrected chi connectivity index (χ1v) is 10.7. The lowest BCUT2D eigenvalue weighted by atomic mass is 10.2. The van der Waals surface area contributed by atoms with E-state index in [1.54, 1.807) is 11.3 Å². The van der Waals surface area contributed by atoms with Crippen molar-refractivity contribution < 1.29 is 0 Å². The molecule has 1 N–H and O–H groups in total. The van der Waals surface area contributed by atoms with E-state index in [-0.39, 0.29) is 4.75 Å². The maximum atomic E-state index is 4.91. The van der Waals surface area contributed by atoms with Crippen LogP contribution >= 0.6 is 23.1 Å². The van der Waals surface area contributed by atoms with Crippen LogP contribution in [0.4, 0.5) is 5.82 Å². The molecule has 0 atom stereocenters. The minimum Gasteiger partial charge on any atom is -0.368 e. The Hall–Kier alpha value is -0.850. The maximum absolute atomic E-state index is 4.91. The molecule has 0 saturated carbocycles. The van der Waals surface area contributed by atoms with Crippen molar-refractivity contribution in [2.24, 2.45) is 0 Å². The zero-order valence-electron chi connectivity index (χ0n) is 15.4. The second kappa shape index (κ2) is 7.18. The number of thioether (sulfide) groups is 1. The van der Waals surface area contributed by atoms with Crippen LogP contribution in [-0.4, -0.2) is 45.5 Å². The van der Waals surface area contributed by atoms with Crippen molar-refractivity contribution in [3.63, 3.8) is 0 Å². The third kappa shape index (κ3) is 3.86. The molecule has 3 rings (SSSR count). The van der Waals surface area contributed by atoms with E-state index in [1.165, 1.54) is 41.8 Å². The Kier molecular flexibility index (Phi) is 5.37. The second-order valence-electron chi connectivity index (χ2n) is 7.25. The lowest BCUT2D eigenvalue weighted by Gasteiger charge is -2.23. The van der Waals surface area contributed by atoms with Gasteiger partial charge in [-0.2, -0.15) is 11.8 Å². The Balaban J connectivity index is 1.93. The van der Waals surface area contributed by atoms with Gasteiger partial charge in [0.15, 0.2) is 0 Å². The number of nitrogens with zero attached hydrogens (tertiary/aromatic N) is 3. The van der Waals surface area contributed by atoms with E-state index in [0.717, 1.165) is 29.6 Å². The molecular formula is C18H28N4S2. The predicted octanol–water partition coefficient (Wildman–Crippen LogP) is 4.46. The first kappa shape index (κ1) is 18.0. The Bertz CT molecular complexity index is 717. The standard InChI is InChI=1S/C18H28N4S2/c1-12-13(2)24-17-15(12)16(19-11-18(3,4)23-5)20-14(21-17)10-22-8-6-7-9-22/h6-11H2,1-5H3,(H,19,20,21). The van der Waals surface area contributed by atoms with Crippen LogP contribution in [0.1, 0.15) is 43.0 Å². The average molecular weight is 365 g/mol. The van der Waals surface area contributed by atoms with Gasteiger partial charge in [-0.05, 0) is 65.4 Å². The fourth-order valence-electron chi connectivity index (χ4n) is 3.00. The topological polar surface area (TPSA) is 41.1 Å². The van der Waals surface area contributed by atoms with E-state index in [9.17, 15) is 0 Å². The van der Waals surface area contributed by atoms with Gasteiger partial charge in [-0.1, -0.05) is 0 Å². The molecule has 3 heterocycles. The quantitative estimate of drug-likeness (QED) is 0.820. The van der Waals surface area contributed by atoms with Gasteiger partial charge in [-0.25, -0.2) is 9.97 Å². The Morgan fingerprint density at radius 1 is 1.21 bits per heavy atom. The number of aromatic nitrogens is 2. The molecule has 0 aliphatic carbocycles. The molecule has 0 radical (unpaired) electrons. The third-order valence-corrected chi connectivity index (χ3v) is 7.22. The highest BCUT2D eigenvalue weighted by atomic mass is 32.2.